The standard InChI is InChI=1S/C11H13ClN2O2S/c12-7-1-3-13-11-9(7)6(5-14-11)10(16)8(15)2-4-17/h1,3,5,8,10,15-17H,2,4H2,(H,13,14). The summed E-state index contributed by atoms with van der Waals surface area (Å²) in [4.78, 5) is 7.02. The van der Waals surface area contributed by atoms with Crippen LogP contribution in [0.2, 0.25) is 5.02 Å². The number of nitrogens with zero attached hydrogens (tertiary/aromatic N) is 1. The van der Waals surface area contributed by atoms with Gasteiger partial charge in [-0.1, -0.05) is 11.6 Å². The first-order chi connectivity index (χ1) is 8.15. The van der Waals surface area contributed by atoms with Crippen molar-refractivity contribution in [3.63, 3.8) is 0 Å². The Morgan fingerprint density at radius 2 is 2.24 bits per heavy atom. The van der Waals surface area contributed by atoms with E-state index in [1.165, 1.54) is 0 Å². The van der Waals surface area contributed by atoms with E-state index in [0.717, 1.165) is 0 Å². The number of H-pyrrole nitrogens is 1. The molecule has 0 aromatic carbocycles. The number of aliphatic hydroxyl groups excluding tert-OH is 2. The zero-order valence-electron chi connectivity index (χ0n) is 8.97. The van der Waals surface area contributed by atoms with Gasteiger partial charge in [-0.25, -0.2) is 4.98 Å². The highest BCUT2D eigenvalue weighted by Crippen LogP contribution is 2.31. The van der Waals surface area contributed by atoms with Gasteiger partial charge in [0.15, 0.2) is 0 Å². The number of halogens is 1. The van der Waals surface area contributed by atoms with E-state index in [1.807, 2.05) is 0 Å². The topological polar surface area (TPSA) is 69.1 Å². The molecule has 2 aromatic rings. The van der Waals surface area contributed by atoms with Gasteiger partial charge in [-0.2, -0.15) is 12.6 Å². The molecule has 2 heterocycles. The van der Waals surface area contributed by atoms with Crippen LogP contribution in [0.1, 0.15) is 18.1 Å². The van der Waals surface area contributed by atoms with Crippen LogP contribution in [0.4, 0.5) is 0 Å². The lowest BCUT2D eigenvalue weighted by Crippen LogP contribution is -2.18. The zero-order chi connectivity index (χ0) is 12.4. The Bertz CT molecular complexity index is 517. The summed E-state index contributed by atoms with van der Waals surface area (Å²) in [6.07, 6.45) is 1.77. The number of hydrogen-bond donors (Lipinski definition) is 4. The smallest absolute Gasteiger partial charge is 0.139 e. The summed E-state index contributed by atoms with van der Waals surface area (Å²) in [7, 11) is 0. The molecule has 0 radical (unpaired) electrons. The number of rotatable bonds is 4. The Hall–Kier alpha value is -0.750. The number of aromatic amines is 1. The average molecular weight is 273 g/mol. The average Bonchev–Trinajstić information content (AvgIpc) is 2.73. The molecule has 0 bridgehead atoms. The first-order valence-corrected chi connectivity index (χ1v) is 6.24. The summed E-state index contributed by atoms with van der Waals surface area (Å²) in [5.41, 5.74) is 1.16. The van der Waals surface area contributed by atoms with Crippen LogP contribution in [0.5, 0.6) is 0 Å². The van der Waals surface area contributed by atoms with Crippen molar-refractivity contribution in [2.24, 2.45) is 0 Å². The molecular weight excluding hydrogens is 260 g/mol. The van der Waals surface area contributed by atoms with Crippen molar-refractivity contribution in [1.29, 1.82) is 0 Å². The molecule has 0 saturated carbocycles. The molecule has 2 unspecified atom stereocenters. The molecule has 0 aliphatic heterocycles. The third-order valence-electron chi connectivity index (χ3n) is 2.66. The Morgan fingerprint density at radius 3 is 2.94 bits per heavy atom. The Balaban J connectivity index is 2.42. The van der Waals surface area contributed by atoms with E-state index in [-0.39, 0.29) is 0 Å². The molecule has 0 aliphatic carbocycles. The predicted octanol–water partition coefficient (Wildman–Crippen LogP) is 1.93. The van der Waals surface area contributed by atoms with Gasteiger partial charge in [-0.15, -0.1) is 0 Å². The lowest BCUT2D eigenvalue weighted by Gasteiger charge is -2.16. The maximum atomic E-state index is 10.0. The van der Waals surface area contributed by atoms with Crippen LogP contribution in [0.25, 0.3) is 11.0 Å². The Labute approximate surface area is 109 Å². The Morgan fingerprint density at radius 1 is 1.47 bits per heavy atom. The van der Waals surface area contributed by atoms with Crippen molar-refractivity contribution in [3.05, 3.63) is 29.0 Å². The second-order valence-electron chi connectivity index (χ2n) is 3.78. The molecule has 0 amide bonds. The van der Waals surface area contributed by atoms with Gasteiger partial charge in [0.25, 0.3) is 0 Å². The van der Waals surface area contributed by atoms with Gasteiger partial charge in [-0.05, 0) is 18.2 Å². The SMILES string of the molecule is OC(CCS)C(O)c1c[nH]c2nccc(Cl)c12. The second kappa shape index (κ2) is 5.27. The van der Waals surface area contributed by atoms with E-state index in [0.29, 0.717) is 33.8 Å². The molecule has 0 fully saturated rings. The second-order valence-corrected chi connectivity index (χ2v) is 4.64. The number of fused-ring (bicyclic) bond motifs is 1. The van der Waals surface area contributed by atoms with Crippen molar-refractivity contribution < 1.29 is 10.2 Å². The summed E-state index contributed by atoms with van der Waals surface area (Å²) in [5, 5.41) is 21.0. The molecule has 0 aliphatic rings. The summed E-state index contributed by atoms with van der Waals surface area (Å²) in [6.45, 7) is 0. The molecule has 6 heteroatoms. The van der Waals surface area contributed by atoms with E-state index < -0.39 is 12.2 Å². The van der Waals surface area contributed by atoms with Gasteiger partial charge in [0.05, 0.1) is 11.1 Å². The normalized spacial score (nSPS) is 15.1. The van der Waals surface area contributed by atoms with Crippen molar-refractivity contribution in [2.45, 2.75) is 18.6 Å². The van der Waals surface area contributed by atoms with Crippen molar-refractivity contribution in [1.82, 2.24) is 9.97 Å². The first kappa shape index (κ1) is 12.7. The first-order valence-electron chi connectivity index (χ1n) is 5.23. The van der Waals surface area contributed by atoms with Crippen LogP contribution >= 0.6 is 24.2 Å². The molecule has 2 rings (SSSR count). The fraction of sp³-hybridized carbons (Fsp3) is 0.364. The molecule has 17 heavy (non-hydrogen) atoms. The van der Waals surface area contributed by atoms with E-state index in [1.54, 1.807) is 18.5 Å². The maximum absolute atomic E-state index is 10.0. The van der Waals surface area contributed by atoms with Crippen LogP contribution in [0, 0.1) is 0 Å². The van der Waals surface area contributed by atoms with Crippen molar-refractivity contribution >= 4 is 35.3 Å². The van der Waals surface area contributed by atoms with E-state index in [2.05, 4.69) is 22.6 Å². The summed E-state index contributed by atoms with van der Waals surface area (Å²) in [5.74, 6) is 0.507. The largest absolute Gasteiger partial charge is 0.390 e. The van der Waals surface area contributed by atoms with Crippen LogP contribution in [-0.4, -0.2) is 32.0 Å². The monoisotopic (exact) mass is 272 g/mol. The van der Waals surface area contributed by atoms with Gasteiger partial charge in [0, 0.05) is 23.3 Å². The molecule has 92 valence electrons. The zero-order valence-corrected chi connectivity index (χ0v) is 10.6. The third-order valence-corrected chi connectivity index (χ3v) is 3.23. The van der Waals surface area contributed by atoms with E-state index in [9.17, 15) is 10.2 Å². The highest BCUT2D eigenvalue weighted by molar-refractivity contribution is 7.80. The fourth-order valence-corrected chi connectivity index (χ4v) is 2.29. The molecule has 0 spiro atoms. The minimum Gasteiger partial charge on any atom is -0.390 e. The molecular formula is C11H13ClN2O2S. The Kier molecular flexibility index (Phi) is 3.93. The van der Waals surface area contributed by atoms with Gasteiger partial charge in [0.2, 0.25) is 0 Å². The summed E-state index contributed by atoms with van der Waals surface area (Å²) < 4.78 is 0. The minimum atomic E-state index is -0.988. The highest BCUT2D eigenvalue weighted by Gasteiger charge is 2.22. The highest BCUT2D eigenvalue weighted by atomic mass is 35.5. The maximum Gasteiger partial charge on any atom is 0.139 e. The van der Waals surface area contributed by atoms with Gasteiger partial charge in [0.1, 0.15) is 11.8 Å². The molecule has 0 saturated heterocycles. The predicted molar refractivity (Wildman–Crippen MR) is 70.5 cm³/mol. The number of aromatic nitrogens is 2. The quantitative estimate of drug-likeness (QED) is 0.643. The number of nitrogens with one attached hydrogen (secondary N) is 1. The van der Waals surface area contributed by atoms with Crippen LogP contribution in [0.15, 0.2) is 18.5 Å². The van der Waals surface area contributed by atoms with Crippen molar-refractivity contribution in [3.8, 4) is 0 Å². The van der Waals surface area contributed by atoms with Gasteiger partial charge in [-0.3, -0.25) is 0 Å². The molecule has 2 atom stereocenters. The van der Waals surface area contributed by atoms with Crippen LogP contribution in [-0.2, 0) is 0 Å². The van der Waals surface area contributed by atoms with E-state index >= 15 is 0 Å². The third kappa shape index (κ3) is 2.42. The summed E-state index contributed by atoms with van der Waals surface area (Å²) in [6, 6.07) is 1.65. The summed E-state index contributed by atoms with van der Waals surface area (Å²) >= 11 is 10.1. The molecule has 3 N–H and O–H groups in total. The number of hydrogen-bond acceptors (Lipinski definition) is 4. The number of thiol groups is 1. The molecule has 4 nitrogen and oxygen atoms in total. The fourth-order valence-electron chi connectivity index (χ4n) is 1.77. The molecule has 2 aromatic heterocycles. The van der Waals surface area contributed by atoms with Gasteiger partial charge < -0.3 is 15.2 Å². The van der Waals surface area contributed by atoms with Crippen LogP contribution in [0.3, 0.4) is 0 Å². The lowest BCUT2D eigenvalue weighted by atomic mass is 10.0. The number of pyridine rings is 1. The van der Waals surface area contributed by atoms with E-state index in [4.69, 9.17) is 11.6 Å². The lowest BCUT2D eigenvalue weighted by molar-refractivity contribution is 0.0181. The number of aliphatic hydroxyl groups is 2. The van der Waals surface area contributed by atoms with Crippen molar-refractivity contribution in [2.75, 3.05) is 5.75 Å². The minimum absolute atomic E-state index is 0.412. The van der Waals surface area contributed by atoms with Gasteiger partial charge >= 0.3 is 0 Å². The van der Waals surface area contributed by atoms with Crippen LogP contribution < -0.4 is 0 Å².